The summed E-state index contributed by atoms with van der Waals surface area (Å²) in [6, 6.07) is 11.1. The van der Waals surface area contributed by atoms with Crippen LogP contribution >= 0.6 is 0 Å². The number of benzene rings is 1. The molecule has 1 aliphatic heterocycles. The van der Waals surface area contributed by atoms with Crippen LogP contribution in [0, 0.1) is 0 Å². The summed E-state index contributed by atoms with van der Waals surface area (Å²) in [7, 11) is 0. The van der Waals surface area contributed by atoms with E-state index >= 15 is 0 Å². The molecule has 1 aromatic carbocycles. The fourth-order valence-electron chi connectivity index (χ4n) is 2.67. The minimum absolute atomic E-state index is 0.403. The molecule has 0 aliphatic carbocycles. The number of rotatable bonds is 5. The van der Waals surface area contributed by atoms with Crippen molar-refractivity contribution in [1.29, 1.82) is 0 Å². The Labute approximate surface area is 125 Å². The number of hydrogen-bond donors (Lipinski definition) is 2. The van der Waals surface area contributed by atoms with Gasteiger partial charge in [-0.3, -0.25) is 0 Å². The molecule has 0 saturated carbocycles. The Morgan fingerprint density at radius 1 is 1.43 bits per heavy atom. The van der Waals surface area contributed by atoms with Crippen LogP contribution in [0.3, 0.4) is 0 Å². The van der Waals surface area contributed by atoms with Crippen LogP contribution in [0.15, 0.2) is 42.7 Å². The Hall–Kier alpha value is -1.85. The zero-order valence-electron chi connectivity index (χ0n) is 12.3. The van der Waals surface area contributed by atoms with Gasteiger partial charge in [-0.2, -0.15) is 5.10 Å². The second-order valence-corrected chi connectivity index (χ2v) is 5.50. The monoisotopic (exact) mass is 286 g/mol. The lowest BCUT2D eigenvalue weighted by Crippen LogP contribution is -2.43. The van der Waals surface area contributed by atoms with E-state index in [1.807, 2.05) is 16.9 Å². The number of ether oxygens (including phenoxy) is 1. The maximum atomic E-state index is 5.49. The molecule has 3 rings (SSSR count). The first kappa shape index (κ1) is 14.1. The smallest absolute Gasteiger partial charge is 0.0647 e. The van der Waals surface area contributed by atoms with Crippen LogP contribution in [0.5, 0.6) is 0 Å². The van der Waals surface area contributed by atoms with E-state index in [4.69, 9.17) is 4.74 Å². The molecule has 0 radical (unpaired) electrons. The molecule has 0 bridgehead atoms. The van der Waals surface area contributed by atoms with Gasteiger partial charge in [-0.25, -0.2) is 4.68 Å². The lowest BCUT2D eigenvalue weighted by atomic mass is 10.1. The first-order valence-corrected chi connectivity index (χ1v) is 7.49. The van der Waals surface area contributed by atoms with E-state index in [1.54, 1.807) is 6.20 Å². The van der Waals surface area contributed by atoms with Crippen LogP contribution in [0.1, 0.15) is 13.3 Å². The number of morpholine rings is 1. The number of hydrogen-bond acceptors (Lipinski definition) is 4. The summed E-state index contributed by atoms with van der Waals surface area (Å²) < 4.78 is 7.35. The van der Waals surface area contributed by atoms with Gasteiger partial charge in [-0.1, -0.05) is 0 Å². The molecule has 1 saturated heterocycles. The molecule has 0 amide bonds. The third-order valence-corrected chi connectivity index (χ3v) is 3.69. The van der Waals surface area contributed by atoms with E-state index in [0.717, 1.165) is 37.6 Å². The van der Waals surface area contributed by atoms with Gasteiger partial charge in [-0.15, -0.1) is 0 Å². The van der Waals surface area contributed by atoms with Gasteiger partial charge < -0.3 is 15.4 Å². The Morgan fingerprint density at radius 3 is 2.95 bits per heavy atom. The summed E-state index contributed by atoms with van der Waals surface area (Å²) in [6.45, 7) is 4.80. The van der Waals surface area contributed by atoms with Gasteiger partial charge in [0, 0.05) is 36.7 Å². The van der Waals surface area contributed by atoms with Crippen LogP contribution < -0.4 is 10.6 Å². The molecule has 2 N–H and O–H groups in total. The second kappa shape index (κ2) is 6.74. The van der Waals surface area contributed by atoms with Crippen molar-refractivity contribution in [3.05, 3.63) is 42.7 Å². The Kier molecular flexibility index (Phi) is 4.52. The third kappa shape index (κ3) is 3.83. The van der Waals surface area contributed by atoms with E-state index in [0.29, 0.717) is 12.1 Å². The molecule has 5 nitrogen and oxygen atoms in total. The molecule has 5 heteroatoms. The number of anilines is 1. The lowest BCUT2D eigenvalue weighted by molar-refractivity contribution is 0.0731. The van der Waals surface area contributed by atoms with Crippen molar-refractivity contribution < 1.29 is 4.74 Å². The van der Waals surface area contributed by atoms with Crippen molar-refractivity contribution >= 4 is 5.69 Å². The highest BCUT2D eigenvalue weighted by Crippen LogP contribution is 2.15. The zero-order chi connectivity index (χ0) is 14.5. The summed E-state index contributed by atoms with van der Waals surface area (Å²) in [4.78, 5) is 0. The second-order valence-electron chi connectivity index (χ2n) is 5.50. The summed E-state index contributed by atoms with van der Waals surface area (Å²) in [5.74, 6) is 0. The summed E-state index contributed by atoms with van der Waals surface area (Å²) in [5.41, 5.74) is 2.20. The molecule has 1 aliphatic rings. The highest BCUT2D eigenvalue weighted by atomic mass is 16.5. The van der Waals surface area contributed by atoms with Gasteiger partial charge in [-0.05, 0) is 43.7 Å². The van der Waals surface area contributed by atoms with Gasteiger partial charge in [0.05, 0.1) is 18.9 Å². The number of nitrogens with one attached hydrogen (secondary N) is 2. The highest BCUT2D eigenvalue weighted by molar-refractivity contribution is 5.49. The molecule has 2 unspecified atom stereocenters. The zero-order valence-corrected chi connectivity index (χ0v) is 12.3. The van der Waals surface area contributed by atoms with E-state index in [-0.39, 0.29) is 0 Å². The minimum Gasteiger partial charge on any atom is -0.383 e. The first-order chi connectivity index (χ1) is 10.3. The van der Waals surface area contributed by atoms with Crippen molar-refractivity contribution in [1.82, 2.24) is 15.1 Å². The lowest BCUT2D eigenvalue weighted by Gasteiger charge is -2.27. The van der Waals surface area contributed by atoms with Crippen molar-refractivity contribution in [3.8, 4) is 5.69 Å². The van der Waals surface area contributed by atoms with Gasteiger partial charge in [0.15, 0.2) is 0 Å². The highest BCUT2D eigenvalue weighted by Gasteiger charge is 2.16. The fourth-order valence-corrected chi connectivity index (χ4v) is 2.67. The normalized spacial score (nSPS) is 20.1. The van der Waals surface area contributed by atoms with E-state index in [1.165, 1.54) is 0 Å². The van der Waals surface area contributed by atoms with E-state index < -0.39 is 0 Å². The Morgan fingerprint density at radius 2 is 2.29 bits per heavy atom. The molecule has 2 aromatic rings. The SMILES string of the molecule is CC(CC1COCCN1)Nc1ccc(-n2cccn2)cc1. The fraction of sp³-hybridized carbons (Fsp3) is 0.438. The van der Waals surface area contributed by atoms with Gasteiger partial charge in [0.25, 0.3) is 0 Å². The Bertz CT molecular complexity index is 532. The molecular weight excluding hydrogens is 264 g/mol. The van der Waals surface area contributed by atoms with Crippen molar-refractivity contribution in [3.63, 3.8) is 0 Å². The number of nitrogens with zero attached hydrogens (tertiary/aromatic N) is 2. The minimum atomic E-state index is 0.403. The number of aromatic nitrogens is 2. The average molecular weight is 286 g/mol. The molecule has 0 spiro atoms. The van der Waals surface area contributed by atoms with Crippen LogP contribution in [0.4, 0.5) is 5.69 Å². The summed E-state index contributed by atoms with van der Waals surface area (Å²) in [5, 5.41) is 11.3. The van der Waals surface area contributed by atoms with Crippen molar-refractivity contribution in [2.24, 2.45) is 0 Å². The maximum Gasteiger partial charge on any atom is 0.0647 e. The molecule has 1 fully saturated rings. The van der Waals surface area contributed by atoms with E-state index in [2.05, 4.69) is 46.9 Å². The van der Waals surface area contributed by atoms with Crippen molar-refractivity contribution in [2.75, 3.05) is 25.1 Å². The largest absolute Gasteiger partial charge is 0.383 e. The molecule has 2 atom stereocenters. The van der Waals surface area contributed by atoms with Crippen LogP contribution in [0.2, 0.25) is 0 Å². The summed E-state index contributed by atoms with van der Waals surface area (Å²) in [6.07, 6.45) is 4.79. The molecular formula is C16H22N4O. The Balaban J connectivity index is 1.54. The predicted molar refractivity (Wildman–Crippen MR) is 83.9 cm³/mol. The standard InChI is InChI=1S/C16H22N4O/c1-13(11-15-12-21-10-8-17-15)19-14-3-5-16(6-4-14)20-9-2-7-18-20/h2-7,9,13,15,17,19H,8,10-12H2,1H3. The quantitative estimate of drug-likeness (QED) is 0.883. The molecule has 1 aromatic heterocycles. The molecule has 21 heavy (non-hydrogen) atoms. The van der Waals surface area contributed by atoms with Crippen LogP contribution in [0.25, 0.3) is 5.69 Å². The average Bonchev–Trinajstić information content (AvgIpc) is 3.03. The topological polar surface area (TPSA) is 51.1 Å². The maximum absolute atomic E-state index is 5.49. The van der Waals surface area contributed by atoms with Crippen LogP contribution in [-0.2, 0) is 4.74 Å². The third-order valence-electron chi connectivity index (χ3n) is 3.69. The predicted octanol–water partition coefficient (Wildman–Crippen LogP) is 2.05. The van der Waals surface area contributed by atoms with Gasteiger partial charge in [0.2, 0.25) is 0 Å². The van der Waals surface area contributed by atoms with Gasteiger partial charge >= 0.3 is 0 Å². The first-order valence-electron chi connectivity index (χ1n) is 7.49. The molecule has 2 heterocycles. The van der Waals surface area contributed by atoms with Crippen LogP contribution in [-0.4, -0.2) is 41.6 Å². The molecule has 112 valence electrons. The summed E-state index contributed by atoms with van der Waals surface area (Å²) >= 11 is 0. The van der Waals surface area contributed by atoms with Crippen molar-refractivity contribution in [2.45, 2.75) is 25.4 Å². The van der Waals surface area contributed by atoms with E-state index in [9.17, 15) is 0 Å². The van der Waals surface area contributed by atoms with Gasteiger partial charge in [0.1, 0.15) is 0 Å².